The van der Waals surface area contributed by atoms with Gasteiger partial charge in [-0.05, 0) is 20.3 Å². The van der Waals surface area contributed by atoms with E-state index in [4.69, 9.17) is 21.1 Å². The number of halogens is 1. The van der Waals surface area contributed by atoms with Gasteiger partial charge in [-0.3, -0.25) is 4.79 Å². The fourth-order valence-corrected chi connectivity index (χ4v) is 1.51. The summed E-state index contributed by atoms with van der Waals surface area (Å²) in [6.07, 6.45) is 1.22. The van der Waals surface area contributed by atoms with Crippen molar-refractivity contribution in [1.29, 1.82) is 0 Å². The van der Waals surface area contributed by atoms with E-state index < -0.39 is 0 Å². The number of hydrogen-bond acceptors (Lipinski definition) is 3. The lowest BCUT2D eigenvalue weighted by Gasteiger charge is -2.22. The smallest absolute Gasteiger partial charge is 0.222 e. The molecule has 0 unspecified atom stereocenters. The molecule has 1 amide bonds. The molecule has 0 saturated carbocycles. The minimum Gasteiger partial charge on any atom is -0.380 e. The quantitative estimate of drug-likeness (QED) is 0.423. The number of rotatable bonds is 11. The van der Waals surface area contributed by atoms with Crippen molar-refractivity contribution >= 4 is 17.5 Å². The van der Waals surface area contributed by atoms with Crippen molar-refractivity contribution in [1.82, 2.24) is 4.90 Å². The first-order valence-electron chi connectivity index (χ1n) is 6.25. The number of carbonyl (C=O) groups is 1. The third-order valence-electron chi connectivity index (χ3n) is 2.30. The number of nitrogens with zero attached hydrogens (tertiary/aromatic N) is 1. The summed E-state index contributed by atoms with van der Waals surface area (Å²) in [6, 6.07) is 0. The van der Waals surface area contributed by atoms with Gasteiger partial charge < -0.3 is 14.4 Å². The van der Waals surface area contributed by atoms with E-state index in [9.17, 15) is 4.79 Å². The van der Waals surface area contributed by atoms with E-state index in [1.54, 1.807) is 4.90 Å². The van der Waals surface area contributed by atoms with Crippen LogP contribution in [0.1, 0.15) is 26.7 Å². The highest BCUT2D eigenvalue weighted by molar-refractivity contribution is 6.17. The van der Waals surface area contributed by atoms with Crippen LogP contribution in [-0.4, -0.2) is 56.2 Å². The summed E-state index contributed by atoms with van der Waals surface area (Å²) >= 11 is 5.58. The highest BCUT2D eigenvalue weighted by Gasteiger charge is 2.12. The van der Waals surface area contributed by atoms with E-state index in [2.05, 4.69) is 0 Å². The van der Waals surface area contributed by atoms with E-state index >= 15 is 0 Å². The van der Waals surface area contributed by atoms with Gasteiger partial charge in [-0.1, -0.05) is 0 Å². The van der Waals surface area contributed by atoms with E-state index in [0.29, 0.717) is 51.8 Å². The van der Waals surface area contributed by atoms with Gasteiger partial charge in [-0.15, -0.1) is 11.6 Å². The molecule has 0 aromatic rings. The second-order valence-electron chi connectivity index (χ2n) is 3.57. The van der Waals surface area contributed by atoms with Crippen molar-refractivity contribution in [3.63, 3.8) is 0 Å². The molecule has 0 spiro atoms. The molecule has 0 N–H and O–H groups in total. The molecular formula is C12H24ClNO3. The fraction of sp³-hybridized carbons (Fsp3) is 0.917. The molecule has 0 fully saturated rings. The van der Waals surface area contributed by atoms with Gasteiger partial charge in [0.1, 0.15) is 0 Å². The van der Waals surface area contributed by atoms with Crippen molar-refractivity contribution < 1.29 is 14.3 Å². The van der Waals surface area contributed by atoms with Crippen LogP contribution in [0.2, 0.25) is 0 Å². The van der Waals surface area contributed by atoms with Crippen LogP contribution >= 0.6 is 11.6 Å². The summed E-state index contributed by atoms with van der Waals surface area (Å²) in [5.74, 6) is 0.654. The molecule has 4 nitrogen and oxygen atoms in total. The van der Waals surface area contributed by atoms with Gasteiger partial charge >= 0.3 is 0 Å². The van der Waals surface area contributed by atoms with Gasteiger partial charge in [-0.2, -0.15) is 0 Å². The molecule has 0 aromatic heterocycles. The van der Waals surface area contributed by atoms with Gasteiger partial charge in [0.05, 0.1) is 13.2 Å². The maximum atomic E-state index is 11.8. The Morgan fingerprint density at radius 1 is 1.12 bits per heavy atom. The second kappa shape index (κ2) is 12.1. The molecule has 0 atom stereocenters. The SMILES string of the molecule is CCOCCN(CCOCC)C(=O)CCCCl. The van der Waals surface area contributed by atoms with Gasteiger partial charge in [0, 0.05) is 38.6 Å². The third kappa shape index (κ3) is 9.39. The highest BCUT2D eigenvalue weighted by atomic mass is 35.5. The number of hydrogen-bond donors (Lipinski definition) is 0. The third-order valence-corrected chi connectivity index (χ3v) is 2.56. The van der Waals surface area contributed by atoms with Gasteiger partial charge in [-0.25, -0.2) is 0 Å². The zero-order valence-corrected chi connectivity index (χ0v) is 11.7. The monoisotopic (exact) mass is 265 g/mol. The minimum atomic E-state index is 0.130. The van der Waals surface area contributed by atoms with Crippen LogP contribution in [0.3, 0.4) is 0 Å². The Morgan fingerprint density at radius 3 is 2.06 bits per heavy atom. The van der Waals surface area contributed by atoms with Gasteiger partial charge in [0.25, 0.3) is 0 Å². The van der Waals surface area contributed by atoms with Crippen LogP contribution in [0.25, 0.3) is 0 Å². The molecule has 0 aromatic carbocycles. The predicted octanol–water partition coefficient (Wildman–Crippen LogP) is 1.91. The first-order valence-corrected chi connectivity index (χ1v) is 6.78. The van der Waals surface area contributed by atoms with Crippen molar-refractivity contribution in [2.45, 2.75) is 26.7 Å². The van der Waals surface area contributed by atoms with Crippen LogP contribution < -0.4 is 0 Å². The molecule has 0 rings (SSSR count). The lowest BCUT2D eigenvalue weighted by Crippen LogP contribution is -2.36. The molecule has 0 heterocycles. The van der Waals surface area contributed by atoms with Crippen molar-refractivity contribution in [2.24, 2.45) is 0 Å². The lowest BCUT2D eigenvalue weighted by molar-refractivity contribution is -0.132. The van der Waals surface area contributed by atoms with Crippen LogP contribution in [0.15, 0.2) is 0 Å². The summed E-state index contributed by atoms with van der Waals surface area (Å²) in [6.45, 7) is 7.65. The zero-order valence-electron chi connectivity index (χ0n) is 10.9. The molecule has 0 aliphatic heterocycles. The average molecular weight is 266 g/mol. The predicted molar refractivity (Wildman–Crippen MR) is 69.5 cm³/mol. The number of amides is 1. The standard InChI is InChI=1S/C12H24ClNO3/c1-3-16-10-8-14(9-11-17-4-2)12(15)6-5-7-13/h3-11H2,1-2H3. The average Bonchev–Trinajstić information content (AvgIpc) is 2.34. The van der Waals surface area contributed by atoms with Crippen molar-refractivity contribution in [2.75, 3.05) is 45.4 Å². The zero-order chi connectivity index (χ0) is 12.9. The molecule has 0 radical (unpaired) electrons. The molecular weight excluding hydrogens is 242 g/mol. The molecule has 17 heavy (non-hydrogen) atoms. The topological polar surface area (TPSA) is 38.8 Å². The maximum absolute atomic E-state index is 11.8. The van der Waals surface area contributed by atoms with Crippen molar-refractivity contribution in [3.8, 4) is 0 Å². The second-order valence-corrected chi connectivity index (χ2v) is 3.95. The first-order chi connectivity index (χ1) is 8.26. The molecule has 102 valence electrons. The van der Waals surface area contributed by atoms with Crippen LogP contribution in [0.4, 0.5) is 0 Å². The van der Waals surface area contributed by atoms with Gasteiger partial charge in [0.2, 0.25) is 5.91 Å². The molecule has 0 aliphatic rings. The Labute approximate surface area is 109 Å². The summed E-state index contributed by atoms with van der Waals surface area (Å²) in [4.78, 5) is 13.6. The van der Waals surface area contributed by atoms with Crippen molar-refractivity contribution in [3.05, 3.63) is 0 Å². The molecule has 5 heteroatoms. The number of ether oxygens (including phenoxy) is 2. The molecule has 0 aliphatic carbocycles. The first kappa shape index (κ1) is 16.7. The number of alkyl halides is 1. The Morgan fingerprint density at radius 2 is 1.65 bits per heavy atom. The summed E-state index contributed by atoms with van der Waals surface area (Å²) in [5, 5.41) is 0. The Kier molecular flexibility index (Phi) is 11.9. The van der Waals surface area contributed by atoms with Crippen LogP contribution in [0, 0.1) is 0 Å². The number of carbonyl (C=O) groups excluding carboxylic acids is 1. The summed E-state index contributed by atoms with van der Waals surface area (Å²) < 4.78 is 10.5. The van der Waals surface area contributed by atoms with E-state index in [0.717, 1.165) is 6.42 Å². The maximum Gasteiger partial charge on any atom is 0.222 e. The van der Waals surface area contributed by atoms with E-state index in [-0.39, 0.29) is 5.91 Å². The fourth-order valence-electron chi connectivity index (χ4n) is 1.38. The molecule has 0 bridgehead atoms. The Hall–Kier alpha value is -0.320. The normalized spacial score (nSPS) is 10.5. The lowest BCUT2D eigenvalue weighted by atomic mass is 10.3. The van der Waals surface area contributed by atoms with Gasteiger partial charge in [0.15, 0.2) is 0 Å². The molecule has 0 saturated heterocycles. The van der Waals surface area contributed by atoms with Crippen LogP contribution in [0.5, 0.6) is 0 Å². The highest BCUT2D eigenvalue weighted by Crippen LogP contribution is 2.00. The summed E-state index contributed by atoms with van der Waals surface area (Å²) in [7, 11) is 0. The largest absolute Gasteiger partial charge is 0.380 e. The Bertz CT molecular complexity index is 181. The van der Waals surface area contributed by atoms with E-state index in [1.165, 1.54) is 0 Å². The minimum absolute atomic E-state index is 0.130. The Balaban J connectivity index is 3.94. The summed E-state index contributed by atoms with van der Waals surface area (Å²) in [5.41, 5.74) is 0. The van der Waals surface area contributed by atoms with Crippen LogP contribution in [-0.2, 0) is 14.3 Å². The van der Waals surface area contributed by atoms with E-state index in [1.807, 2.05) is 13.8 Å².